The zero-order chi connectivity index (χ0) is 55.2. The van der Waals surface area contributed by atoms with Crippen LogP contribution in [0.25, 0.3) is 11.1 Å². The average molecular weight is 1060 g/mol. The number of aliphatic hydroxyl groups excluding tert-OH is 2. The maximum atomic E-state index is 14.9. The number of aromatic nitrogens is 5. The van der Waals surface area contributed by atoms with Crippen molar-refractivity contribution in [1.29, 1.82) is 0 Å². The lowest BCUT2D eigenvalue weighted by Gasteiger charge is -2.48. The van der Waals surface area contributed by atoms with Crippen LogP contribution in [0.2, 0.25) is 0 Å². The van der Waals surface area contributed by atoms with E-state index in [0.29, 0.717) is 38.0 Å². The molecule has 3 aliphatic rings. The molecule has 6 rings (SSSR count). The van der Waals surface area contributed by atoms with Crippen LogP contribution in [0.15, 0.2) is 49.2 Å². The fourth-order valence-corrected chi connectivity index (χ4v) is 11.8. The highest BCUT2D eigenvalue weighted by Crippen LogP contribution is 2.41. The smallest absolute Gasteiger partial charge is 0.311 e. The van der Waals surface area contributed by atoms with Gasteiger partial charge in [0.1, 0.15) is 49.1 Å². The molecule has 19 nitrogen and oxygen atoms in total. The average Bonchev–Trinajstić information content (AvgIpc) is 3.86. The number of carbonyl (C=O) groups is 1. The number of halogens is 1. The molecule has 75 heavy (non-hydrogen) atoms. The van der Waals surface area contributed by atoms with Crippen molar-refractivity contribution in [3.8, 4) is 11.1 Å². The van der Waals surface area contributed by atoms with Crippen LogP contribution in [0.4, 0.5) is 4.39 Å². The second-order valence-electron chi connectivity index (χ2n) is 22.6. The van der Waals surface area contributed by atoms with Gasteiger partial charge in [-0.05, 0) is 98.9 Å². The molecule has 20 heteroatoms. The second kappa shape index (κ2) is 25.9. The highest BCUT2D eigenvalue weighted by Gasteiger charge is 2.52. The van der Waals surface area contributed by atoms with Crippen LogP contribution >= 0.6 is 0 Å². The summed E-state index contributed by atoms with van der Waals surface area (Å²) in [6, 6.07) is 6.35. The highest BCUT2D eigenvalue weighted by molar-refractivity contribution is 5.73. The van der Waals surface area contributed by atoms with Gasteiger partial charge in [-0.2, -0.15) is 0 Å². The van der Waals surface area contributed by atoms with E-state index in [-0.39, 0.29) is 37.3 Å². The molecule has 4 N–H and O–H groups in total. The van der Waals surface area contributed by atoms with Gasteiger partial charge >= 0.3 is 5.97 Å². The number of benzene rings is 1. The first-order valence-electron chi connectivity index (χ1n) is 26.8. The highest BCUT2D eigenvalue weighted by atomic mass is 19.1. The van der Waals surface area contributed by atoms with Crippen molar-refractivity contribution in [2.75, 3.05) is 48.1 Å². The summed E-state index contributed by atoms with van der Waals surface area (Å²) in [6.07, 6.45) is 0.326. The van der Waals surface area contributed by atoms with Crippen molar-refractivity contribution in [3.05, 3.63) is 60.4 Å². The van der Waals surface area contributed by atoms with Gasteiger partial charge in [0, 0.05) is 88.7 Å². The predicted octanol–water partition coefficient (Wildman–Crippen LogP) is 5.49. The first-order chi connectivity index (χ1) is 35.4. The Morgan fingerprint density at radius 1 is 0.920 bits per heavy atom. The van der Waals surface area contributed by atoms with E-state index in [1.165, 1.54) is 25.0 Å². The van der Waals surface area contributed by atoms with Gasteiger partial charge in [-0.25, -0.2) is 19.0 Å². The van der Waals surface area contributed by atoms with E-state index < -0.39 is 109 Å². The van der Waals surface area contributed by atoms with E-state index in [1.54, 1.807) is 60.3 Å². The van der Waals surface area contributed by atoms with Gasteiger partial charge in [-0.1, -0.05) is 50.3 Å². The lowest BCUT2D eigenvalue weighted by atomic mass is 9.77. The molecular formula is C55H88FN7O12. The molecule has 0 unspecified atom stereocenters. The molecule has 0 bridgehead atoms. The van der Waals surface area contributed by atoms with Crippen molar-refractivity contribution < 1.29 is 62.8 Å². The van der Waals surface area contributed by atoms with Crippen LogP contribution in [0.3, 0.4) is 0 Å². The monoisotopic (exact) mass is 1060 g/mol. The molecule has 0 radical (unpaired) electrons. The molecule has 3 aliphatic heterocycles. The SMILES string of the molecule is CC[C@H]1OC(=O)[C@H](C)[C@@H](O[C@H]2C[C@@](C)(OC)[C@@H](O)[C@H](C)O2)[C@H](C)[C@@H](O[C@H]2C[C@@H](N(C)CCc3cn([C@H](CF)[C@H](OC)c4ccc(-c5cncnc5)cc4)nn3)C[C@@H](C)O2)[C@](C)(O)C[C@@H](C)CN(C)[C@H](C)[C@@H](O)[C@]1(C)O. The number of esters is 1. The van der Waals surface area contributed by atoms with Crippen LogP contribution < -0.4 is 0 Å². The number of ether oxygens (including phenoxy) is 7. The van der Waals surface area contributed by atoms with Gasteiger partial charge in [-0.3, -0.25) is 4.79 Å². The number of cyclic esters (lactones) is 1. The molecule has 0 spiro atoms. The molecule has 0 aliphatic carbocycles. The van der Waals surface area contributed by atoms with E-state index >= 15 is 0 Å². The van der Waals surface area contributed by atoms with Crippen molar-refractivity contribution in [1.82, 2.24) is 34.8 Å². The first kappa shape index (κ1) is 60.6. The maximum Gasteiger partial charge on any atom is 0.311 e. The Labute approximate surface area is 443 Å². The van der Waals surface area contributed by atoms with Gasteiger partial charge in [0.2, 0.25) is 0 Å². The van der Waals surface area contributed by atoms with E-state index in [1.807, 2.05) is 71.0 Å². The van der Waals surface area contributed by atoms with E-state index in [9.17, 15) is 29.6 Å². The fourth-order valence-electron chi connectivity index (χ4n) is 11.8. The van der Waals surface area contributed by atoms with Gasteiger partial charge in [-0.15, -0.1) is 5.10 Å². The third kappa shape index (κ3) is 14.4. The predicted molar refractivity (Wildman–Crippen MR) is 278 cm³/mol. The maximum absolute atomic E-state index is 14.9. The van der Waals surface area contributed by atoms with E-state index in [4.69, 9.17) is 33.2 Å². The number of rotatable bonds is 16. The van der Waals surface area contributed by atoms with Gasteiger partial charge in [0.15, 0.2) is 12.6 Å². The number of methoxy groups -OCH3 is 2. The summed E-state index contributed by atoms with van der Waals surface area (Å²) in [4.78, 5) is 26.9. The molecule has 0 saturated carbocycles. The van der Waals surface area contributed by atoms with Gasteiger partial charge in [0.25, 0.3) is 0 Å². The summed E-state index contributed by atoms with van der Waals surface area (Å²) in [5.74, 6) is -2.57. The Morgan fingerprint density at radius 3 is 2.23 bits per heavy atom. The molecule has 0 amide bonds. The largest absolute Gasteiger partial charge is 0.459 e. The number of carbonyl (C=O) groups excluding carboxylic acids is 1. The number of alkyl halides is 1. The second-order valence-corrected chi connectivity index (χ2v) is 22.6. The summed E-state index contributed by atoms with van der Waals surface area (Å²) in [6.45, 7) is 18.2. The molecule has 2 aromatic heterocycles. The van der Waals surface area contributed by atoms with Gasteiger partial charge < -0.3 is 63.4 Å². The first-order valence-corrected chi connectivity index (χ1v) is 26.8. The number of aliphatic hydroxyl groups is 4. The molecule has 3 saturated heterocycles. The standard InChI is InChI=1S/C55H88FN7O12/c1-15-44-55(10,68)49(64)36(6)62(12)29-32(2)24-53(8,67)51(34(4)47(35(5)52(66)73-44)74-46-25-54(9,70-14)50(65)37(7)72-46)75-45-23-42(22-33(3)71-45)61(11)21-20-41-30-63(60-59-41)43(26-56)48(69-13)39-18-16-38(17-19-39)40-27-57-31-58-28-40/h16-19,27-28,30-37,42-51,64-65,67-68H,15,20-26,29H2,1-14H3/t32-,33-,34+,35-,36-,37+,42+,43-,44-,45+,46+,47+,48-,49-,50+,51-,53-,54-,55-/m1/s1. The molecular weight excluding hydrogens is 970 g/mol. The van der Waals surface area contributed by atoms with Crippen molar-refractivity contribution >= 4 is 5.97 Å². The minimum absolute atomic E-state index is 0.0197. The van der Waals surface area contributed by atoms with Crippen LogP contribution in [0.5, 0.6) is 0 Å². The fraction of sp³-hybridized carbons (Fsp3) is 0.764. The normalized spacial score (nSPS) is 37.8. The summed E-state index contributed by atoms with van der Waals surface area (Å²) in [7, 11) is 6.97. The Bertz CT molecular complexity index is 2230. The molecule has 19 atom stereocenters. The minimum atomic E-state index is -1.82. The summed E-state index contributed by atoms with van der Waals surface area (Å²) in [5.41, 5.74) is -1.13. The number of likely N-dealkylation sites (N-methyl/N-ethyl adjacent to an activating group) is 2. The topological polar surface area (TPSA) is 226 Å². The van der Waals surface area contributed by atoms with Gasteiger partial charge in [0.05, 0.1) is 47.2 Å². The third-order valence-electron chi connectivity index (χ3n) is 16.5. The van der Waals surface area contributed by atoms with E-state index in [0.717, 1.165) is 16.7 Å². The number of hydrogen-bond donors (Lipinski definition) is 4. The van der Waals surface area contributed by atoms with Crippen LogP contribution in [0.1, 0.15) is 125 Å². The molecule has 5 heterocycles. The van der Waals surface area contributed by atoms with Crippen LogP contribution in [-0.2, 0) is 44.4 Å². The van der Waals surface area contributed by atoms with Crippen LogP contribution in [-0.4, -0.2) is 193 Å². The minimum Gasteiger partial charge on any atom is -0.459 e. The van der Waals surface area contributed by atoms with Crippen LogP contribution in [0, 0.1) is 17.8 Å². The third-order valence-corrected chi connectivity index (χ3v) is 16.5. The van der Waals surface area contributed by atoms with Crippen molar-refractivity contribution in [3.63, 3.8) is 0 Å². The zero-order valence-electron chi connectivity index (χ0n) is 46.8. The van der Waals surface area contributed by atoms with E-state index in [2.05, 4.69) is 25.2 Å². The van der Waals surface area contributed by atoms with Crippen molar-refractivity contribution in [2.45, 2.75) is 204 Å². The molecule has 3 aromatic rings. The summed E-state index contributed by atoms with van der Waals surface area (Å²) in [5, 5.41) is 56.4. The number of nitrogens with zero attached hydrogens (tertiary/aromatic N) is 7. The van der Waals surface area contributed by atoms with Crippen molar-refractivity contribution in [2.24, 2.45) is 17.8 Å². The molecule has 3 fully saturated rings. The Morgan fingerprint density at radius 2 is 1.60 bits per heavy atom. The lowest BCUT2D eigenvalue weighted by molar-refractivity contribution is -0.308. The Hall–Kier alpha value is -3.64. The summed E-state index contributed by atoms with van der Waals surface area (Å²) < 4.78 is 61.0. The zero-order valence-corrected chi connectivity index (χ0v) is 46.8. The molecule has 1 aromatic carbocycles. The summed E-state index contributed by atoms with van der Waals surface area (Å²) >= 11 is 0. The molecule has 422 valence electrons. The lowest BCUT2D eigenvalue weighted by Crippen LogP contribution is -2.59. The Kier molecular flexibility index (Phi) is 20.9. The Balaban J connectivity index is 1.23. The quantitative estimate of drug-likeness (QED) is 0.130. The number of hydrogen-bond acceptors (Lipinski definition) is 18.